The molecule has 1 aliphatic heterocycles. The van der Waals surface area contributed by atoms with Gasteiger partial charge in [-0.3, -0.25) is 0 Å². The Morgan fingerprint density at radius 2 is 1.92 bits per heavy atom. The van der Waals surface area contributed by atoms with Gasteiger partial charge in [-0.2, -0.15) is 19.0 Å². The van der Waals surface area contributed by atoms with Gasteiger partial charge < -0.3 is 0 Å². The highest BCUT2D eigenvalue weighted by atomic mass is 32.3. The van der Waals surface area contributed by atoms with Crippen LogP contribution in [0, 0.1) is 0 Å². The third-order valence-corrected chi connectivity index (χ3v) is 1.81. The van der Waals surface area contributed by atoms with Crippen molar-refractivity contribution in [1.29, 1.82) is 0 Å². The Labute approximate surface area is 75.8 Å². The van der Waals surface area contributed by atoms with Crippen LogP contribution < -0.4 is 5.48 Å². The van der Waals surface area contributed by atoms with Crippen molar-refractivity contribution in [3.8, 4) is 0 Å². The molecule has 0 atom stereocenters. The zero-order valence-electron chi connectivity index (χ0n) is 7.40. The van der Waals surface area contributed by atoms with Gasteiger partial charge in [-0.15, -0.1) is 8.57 Å². The van der Waals surface area contributed by atoms with Crippen LogP contribution in [0.25, 0.3) is 0 Å². The molecule has 1 N–H and O–H groups in total. The molecule has 76 valence electrons. The molecule has 7 nitrogen and oxygen atoms in total. The van der Waals surface area contributed by atoms with Crippen molar-refractivity contribution < 1.29 is 21.8 Å². The third kappa shape index (κ3) is 2.29. The Hall–Kier alpha value is -0.860. The van der Waals surface area contributed by atoms with Gasteiger partial charge >= 0.3 is 16.4 Å². The summed E-state index contributed by atoms with van der Waals surface area (Å²) < 4.78 is 29.7. The van der Waals surface area contributed by atoms with Gasteiger partial charge in [0.1, 0.15) is 0 Å². The highest BCUT2D eigenvalue weighted by Crippen LogP contribution is 2.19. The Morgan fingerprint density at radius 1 is 1.38 bits per heavy atom. The van der Waals surface area contributed by atoms with Crippen LogP contribution in [0.2, 0.25) is 0 Å². The highest BCUT2D eigenvalue weighted by molar-refractivity contribution is 7.81. The molecule has 8 heteroatoms. The molecule has 0 saturated carbocycles. The average molecular weight is 210 g/mol. The fourth-order valence-electron chi connectivity index (χ4n) is 0.685. The summed E-state index contributed by atoms with van der Waals surface area (Å²) in [6, 6.07) is -0.762. The molecule has 0 aliphatic carbocycles. The lowest BCUT2D eigenvalue weighted by Gasteiger charge is -2.34. The monoisotopic (exact) mass is 210 g/mol. The Morgan fingerprint density at radius 3 is 2.31 bits per heavy atom. The second kappa shape index (κ2) is 2.82. The molecule has 0 spiro atoms. The lowest BCUT2D eigenvalue weighted by Crippen LogP contribution is -2.55. The smallest absolute Gasteiger partial charge is 0.244 e. The molecule has 1 heterocycles. The van der Waals surface area contributed by atoms with E-state index in [1.165, 1.54) is 0 Å². The minimum Gasteiger partial charge on any atom is -0.244 e. The molecule has 2 amide bonds. The first-order valence-corrected chi connectivity index (χ1v) is 4.79. The maximum atomic E-state index is 11.0. The van der Waals surface area contributed by atoms with Crippen molar-refractivity contribution in [3.63, 3.8) is 0 Å². The van der Waals surface area contributed by atoms with Crippen molar-refractivity contribution in [2.75, 3.05) is 0 Å². The molecular weight excluding hydrogens is 200 g/mol. The predicted octanol–water partition coefficient (Wildman–Crippen LogP) is -0.0819. The van der Waals surface area contributed by atoms with Gasteiger partial charge in [0.25, 0.3) is 0 Å². The van der Waals surface area contributed by atoms with Crippen LogP contribution >= 0.6 is 0 Å². The third-order valence-electron chi connectivity index (χ3n) is 1.19. The van der Waals surface area contributed by atoms with E-state index in [2.05, 4.69) is 8.57 Å². The zero-order chi connectivity index (χ0) is 10.3. The molecule has 1 rings (SSSR count). The number of nitrogens with one attached hydrogen (secondary N) is 1. The SMILES string of the molecule is CC(C)(C)N1OS(=O)(=O)ONC1=O. The number of rotatable bonds is 0. The van der Waals surface area contributed by atoms with Crippen molar-refractivity contribution in [1.82, 2.24) is 10.5 Å². The first-order chi connectivity index (χ1) is 5.72. The van der Waals surface area contributed by atoms with Gasteiger partial charge in [-0.05, 0) is 20.8 Å². The standard InChI is InChI=1S/C5H10N2O5S/c1-5(2,3)7-4(8)6-11-13(9,10)12-7/h1-3H3,(H,6,8). The van der Waals surface area contributed by atoms with Gasteiger partial charge in [-0.25, -0.2) is 4.79 Å². The molecule has 0 aromatic heterocycles. The number of amides is 2. The van der Waals surface area contributed by atoms with Crippen LogP contribution in [0.4, 0.5) is 4.79 Å². The maximum absolute atomic E-state index is 11.0. The minimum absolute atomic E-state index is 0.686. The number of hydrogen-bond acceptors (Lipinski definition) is 5. The summed E-state index contributed by atoms with van der Waals surface area (Å²) in [5, 5.41) is 0.686. The van der Waals surface area contributed by atoms with Crippen LogP contribution in [0.5, 0.6) is 0 Å². The minimum atomic E-state index is -4.15. The first kappa shape index (κ1) is 10.2. The Balaban J connectivity index is 2.91. The second-order valence-corrected chi connectivity index (χ2v) is 4.57. The molecule has 1 saturated heterocycles. The van der Waals surface area contributed by atoms with E-state index in [0.717, 1.165) is 0 Å². The van der Waals surface area contributed by atoms with Crippen LogP contribution in [-0.2, 0) is 19.0 Å². The van der Waals surface area contributed by atoms with E-state index in [1.807, 2.05) is 0 Å². The normalized spacial score (nSPS) is 22.7. The van der Waals surface area contributed by atoms with Gasteiger partial charge in [0, 0.05) is 0 Å². The van der Waals surface area contributed by atoms with Crippen molar-refractivity contribution in [2.45, 2.75) is 26.3 Å². The summed E-state index contributed by atoms with van der Waals surface area (Å²) in [7, 11) is -4.15. The molecule has 0 aromatic carbocycles. The van der Waals surface area contributed by atoms with Gasteiger partial charge in [0.2, 0.25) is 0 Å². The molecule has 0 aromatic rings. The quantitative estimate of drug-likeness (QED) is 0.604. The average Bonchev–Trinajstić information content (AvgIpc) is 1.92. The van der Waals surface area contributed by atoms with Crippen LogP contribution in [0.1, 0.15) is 20.8 Å². The summed E-state index contributed by atoms with van der Waals surface area (Å²) in [4.78, 5) is 11.0. The molecule has 1 aliphatic rings. The highest BCUT2D eigenvalue weighted by Gasteiger charge is 2.38. The van der Waals surface area contributed by atoms with E-state index in [1.54, 1.807) is 26.3 Å². The van der Waals surface area contributed by atoms with E-state index >= 15 is 0 Å². The number of carbonyl (C=O) groups is 1. The van der Waals surface area contributed by atoms with Gasteiger partial charge in [-0.1, -0.05) is 0 Å². The molecule has 0 radical (unpaired) electrons. The van der Waals surface area contributed by atoms with E-state index in [0.29, 0.717) is 5.06 Å². The summed E-state index contributed by atoms with van der Waals surface area (Å²) in [5.74, 6) is 0. The van der Waals surface area contributed by atoms with Crippen LogP contribution in [-0.4, -0.2) is 25.1 Å². The molecular formula is C5H10N2O5S. The fourth-order valence-corrected chi connectivity index (χ4v) is 1.36. The van der Waals surface area contributed by atoms with Crippen LogP contribution in [0.3, 0.4) is 0 Å². The summed E-state index contributed by atoms with van der Waals surface area (Å²) in [6.07, 6.45) is 0. The second-order valence-electron chi connectivity index (χ2n) is 3.44. The lowest BCUT2D eigenvalue weighted by molar-refractivity contribution is -0.114. The summed E-state index contributed by atoms with van der Waals surface area (Å²) in [5.41, 5.74) is 0.940. The fraction of sp³-hybridized carbons (Fsp3) is 0.800. The predicted molar refractivity (Wildman–Crippen MR) is 41.2 cm³/mol. The Kier molecular flexibility index (Phi) is 2.22. The molecule has 0 bridgehead atoms. The number of urea groups is 1. The van der Waals surface area contributed by atoms with Crippen molar-refractivity contribution in [3.05, 3.63) is 0 Å². The number of hydroxylamine groups is 3. The van der Waals surface area contributed by atoms with Gasteiger partial charge in [0.15, 0.2) is 0 Å². The molecule has 13 heavy (non-hydrogen) atoms. The van der Waals surface area contributed by atoms with Crippen molar-refractivity contribution >= 4 is 16.4 Å². The summed E-state index contributed by atoms with van der Waals surface area (Å²) >= 11 is 0. The number of nitrogens with zero attached hydrogens (tertiary/aromatic N) is 1. The van der Waals surface area contributed by atoms with E-state index in [-0.39, 0.29) is 0 Å². The maximum Gasteiger partial charge on any atom is 0.442 e. The largest absolute Gasteiger partial charge is 0.442 e. The van der Waals surface area contributed by atoms with Gasteiger partial charge in [0.05, 0.1) is 5.54 Å². The zero-order valence-corrected chi connectivity index (χ0v) is 8.21. The van der Waals surface area contributed by atoms with Crippen LogP contribution in [0.15, 0.2) is 0 Å². The van der Waals surface area contributed by atoms with E-state index in [9.17, 15) is 13.2 Å². The van der Waals surface area contributed by atoms with E-state index in [4.69, 9.17) is 0 Å². The first-order valence-electron chi connectivity index (χ1n) is 3.45. The summed E-state index contributed by atoms with van der Waals surface area (Å²) in [6.45, 7) is 4.86. The lowest BCUT2D eigenvalue weighted by atomic mass is 10.1. The van der Waals surface area contributed by atoms with E-state index < -0.39 is 22.0 Å². The Bertz CT molecular complexity index is 316. The number of carbonyl (C=O) groups excluding carboxylic acids is 1. The molecule has 0 unspecified atom stereocenters. The molecule has 1 fully saturated rings. The topological polar surface area (TPSA) is 84.9 Å². The number of hydrogen-bond donors (Lipinski definition) is 1. The van der Waals surface area contributed by atoms with Crippen molar-refractivity contribution in [2.24, 2.45) is 0 Å².